The molecule has 162 valence electrons. The molecule has 0 atom stereocenters. The van der Waals surface area contributed by atoms with Gasteiger partial charge in [0.1, 0.15) is 5.75 Å². The van der Waals surface area contributed by atoms with E-state index in [9.17, 15) is 9.59 Å². The van der Waals surface area contributed by atoms with Gasteiger partial charge in [0.15, 0.2) is 0 Å². The zero-order valence-electron chi connectivity index (χ0n) is 17.6. The van der Waals surface area contributed by atoms with Gasteiger partial charge >= 0.3 is 5.97 Å². The minimum Gasteiger partial charge on any atom is -0.497 e. The Hall–Kier alpha value is -3.57. The highest BCUT2D eigenvalue weighted by molar-refractivity contribution is 6.30. The van der Waals surface area contributed by atoms with Crippen molar-refractivity contribution in [2.75, 3.05) is 13.7 Å². The van der Waals surface area contributed by atoms with Crippen LogP contribution in [0.15, 0.2) is 79.0 Å². The third-order valence-electron chi connectivity index (χ3n) is 5.24. The fraction of sp³-hybridized carbons (Fsp3) is 0.154. The van der Waals surface area contributed by atoms with E-state index < -0.39 is 0 Å². The van der Waals surface area contributed by atoms with Crippen molar-refractivity contribution < 1.29 is 19.1 Å². The van der Waals surface area contributed by atoms with Gasteiger partial charge in [0.05, 0.1) is 25.7 Å². The molecule has 5 nitrogen and oxygen atoms in total. The molecule has 0 bridgehead atoms. The van der Waals surface area contributed by atoms with E-state index in [4.69, 9.17) is 21.1 Å². The molecule has 1 aromatic heterocycles. The number of halogens is 1. The fourth-order valence-corrected chi connectivity index (χ4v) is 3.70. The molecule has 3 aromatic carbocycles. The molecule has 6 heteroatoms. The van der Waals surface area contributed by atoms with Crippen LogP contribution in [-0.2, 0) is 22.4 Å². The summed E-state index contributed by atoms with van der Waals surface area (Å²) in [7, 11) is 1.58. The summed E-state index contributed by atoms with van der Waals surface area (Å²) in [6.07, 6.45) is 2.40. The van der Waals surface area contributed by atoms with E-state index in [2.05, 4.69) is 0 Å². The van der Waals surface area contributed by atoms with Crippen LogP contribution in [0.2, 0.25) is 5.02 Å². The second kappa shape index (κ2) is 9.71. The monoisotopic (exact) mass is 447 g/mol. The quantitative estimate of drug-likeness (QED) is 0.360. The van der Waals surface area contributed by atoms with E-state index in [0.717, 1.165) is 10.9 Å². The second-order valence-corrected chi connectivity index (χ2v) is 7.79. The van der Waals surface area contributed by atoms with Crippen LogP contribution in [0.4, 0.5) is 0 Å². The molecule has 0 fully saturated rings. The van der Waals surface area contributed by atoms with Crippen molar-refractivity contribution in [3.8, 4) is 5.75 Å². The van der Waals surface area contributed by atoms with Crippen LogP contribution >= 0.6 is 11.6 Å². The summed E-state index contributed by atoms with van der Waals surface area (Å²) in [5, 5.41) is 1.33. The van der Waals surface area contributed by atoms with Crippen molar-refractivity contribution in [2.45, 2.75) is 12.8 Å². The van der Waals surface area contributed by atoms with Gasteiger partial charge in [-0.2, -0.15) is 0 Å². The zero-order valence-corrected chi connectivity index (χ0v) is 18.3. The number of hydrogen-bond donors (Lipinski definition) is 0. The predicted molar refractivity (Wildman–Crippen MR) is 124 cm³/mol. The molecule has 0 amide bonds. The molecule has 4 rings (SSSR count). The van der Waals surface area contributed by atoms with Crippen LogP contribution < -0.4 is 4.74 Å². The summed E-state index contributed by atoms with van der Waals surface area (Å²) >= 11 is 5.95. The van der Waals surface area contributed by atoms with Crippen molar-refractivity contribution in [1.82, 2.24) is 4.57 Å². The number of esters is 1. The number of carbonyl (C=O) groups excluding carboxylic acids is 2. The van der Waals surface area contributed by atoms with Crippen LogP contribution in [0.25, 0.3) is 10.9 Å². The number of hydrogen-bond acceptors (Lipinski definition) is 4. The summed E-state index contributed by atoms with van der Waals surface area (Å²) in [5.41, 5.74) is 3.00. The molecule has 0 aliphatic heterocycles. The first kappa shape index (κ1) is 21.7. The number of aromatic nitrogens is 1. The standard InChI is InChI=1S/C26H22ClNO4/c1-31-22-11-12-24-23(16-22)20(15-25(29)32-14-13-18-5-3-2-4-6-18)17-28(24)26(30)19-7-9-21(27)10-8-19/h2-12,16-17H,13-15H2,1H3. The minimum absolute atomic E-state index is 0.0549. The Balaban J connectivity index is 1.57. The Morgan fingerprint density at radius 2 is 1.72 bits per heavy atom. The van der Waals surface area contributed by atoms with E-state index >= 15 is 0 Å². The van der Waals surface area contributed by atoms with Crippen molar-refractivity contribution in [1.29, 1.82) is 0 Å². The highest BCUT2D eigenvalue weighted by atomic mass is 35.5. The Kier molecular flexibility index (Phi) is 6.57. The number of ether oxygens (including phenoxy) is 2. The summed E-state index contributed by atoms with van der Waals surface area (Å²) < 4.78 is 12.3. The molecule has 0 N–H and O–H groups in total. The molecule has 1 heterocycles. The van der Waals surface area contributed by atoms with E-state index in [1.807, 2.05) is 42.5 Å². The molecule has 0 spiro atoms. The molecule has 32 heavy (non-hydrogen) atoms. The first-order valence-electron chi connectivity index (χ1n) is 10.2. The van der Waals surface area contributed by atoms with Gasteiger partial charge in [0.25, 0.3) is 5.91 Å². The summed E-state index contributed by atoms with van der Waals surface area (Å²) in [4.78, 5) is 25.7. The van der Waals surface area contributed by atoms with Crippen LogP contribution in [-0.4, -0.2) is 30.2 Å². The maximum atomic E-state index is 13.1. The molecule has 0 radical (unpaired) electrons. The predicted octanol–water partition coefficient (Wildman–Crippen LogP) is 5.32. The molecule has 0 aliphatic carbocycles. The third kappa shape index (κ3) is 4.84. The molecule has 0 unspecified atom stereocenters. The fourth-order valence-electron chi connectivity index (χ4n) is 3.58. The normalized spacial score (nSPS) is 10.8. The summed E-state index contributed by atoms with van der Waals surface area (Å²) in [6.45, 7) is 0.300. The van der Waals surface area contributed by atoms with E-state index in [0.29, 0.717) is 40.4 Å². The van der Waals surface area contributed by atoms with Crippen LogP contribution in [0.5, 0.6) is 5.75 Å². The second-order valence-electron chi connectivity index (χ2n) is 7.35. The van der Waals surface area contributed by atoms with Crippen molar-refractivity contribution in [3.05, 3.63) is 101 Å². The van der Waals surface area contributed by atoms with Crippen LogP contribution in [0, 0.1) is 0 Å². The number of rotatable bonds is 7. The lowest BCUT2D eigenvalue weighted by molar-refractivity contribution is -0.142. The summed E-state index contributed by atoms with van der Waals surface area (Å²) in [5.74, 6) is 0.0927. The average Bonchev–Trinajstić information content (AvgIpc) is 3.17. The molecule has 0 saturated heterocycles. The van der Waals surface area contributed by atoms with Gasteiger partial charge in [-0.1, -0.05) is 41.9 Å². The van der Waals surface area contributed by atoms with Gasteiger partial charge in [0, 0.05) is 28.6 Å². The highest BCUT2D eigenvalue weighted by Crippen LogP contribution is 2.27. The molecular weight excluding hydrogens is 426 g/mol. The lowest BCUT2D eigenvalue weighted by atomic mass is 10.1. The maximum absolute atomic E-state index is 13.1. The smallest absolute Gasteiger partial charge is 0.310 e. The maximum Gasteiger partial charge on any atom is 0.310 e. The topological polar surface area (TPSA) is 57.5 Å². The lowest BCUT2D eigenvalue weighted by Gasteiger charge is -2.05. The average molecular weight is 448 g/mol. The first-order chi connectivity index (χ1) is 15.5. The summed E-state index contributed by atoms with van der Waals surface area (Å²) in [6, 6.07) is 22.0. The van der Waals surface area contributed by atoms with Crippen molar-refractivity contribution in [3.63, 3.8) is 0 Å². The van der Waals surface area contributed by atoms with Crippen molar-refractivity contribution >= 4 is 34.4 Å². The Labute approximate surface area is 191 Å². The van der Waals surface area contributed by atoms with Gasteiger partial charge in [-0.3, -0.25) is 14.2 Å². The van der Waals surface area contributed by atoms with E-state index in [1.165, 1.54) is 0 Å². The molecule has 4 aromatic rings. The first-order valence-corrected chi connectivity index (χ1v) is 10.6. The minimum atomic E-state index is -0.346. The van der Waals surface area contributed by atoms with Gasteiger partial charge < -0.3 is 9.47 Å². The SMILES string of the molecule is COc1ccc2c(c1)c(CC(=O)OCCc1ccccc1)cn2C(=O)c1ccc(Cl)cc1. The number of methoxy groups -OCH3 is 1. The van der Waals surface area contributed by atoms with E-state index in [1.54, 1.807) is 48.2 Å². The number of fused-ring (bicyclic) bond motifs is 1. The highest BCUT2D eigenvalue weighted by Gasteiger charge is 2.18. The largest absolute Gasteiger partial charge is 0.497 e. The number of benzene rings is 3. The van der Waals surface area contributed by atoms with E-state index in [-0.39, 0.29) is 18.3 Å². The van der Waals surface area contributed by atoms with Crippen LogP contribution in [0.3, 0.4) is 0 Å². The zero-order chi connectivity index (χ0) is 22.5. The Morgan fingerprint density at radius 1 is 0.969 bits per heavy atom. The Bertz CT molecular complexity index is 1250. The number of carbonyl (C=O) groups is 2. The third-order valence-corrected chi connectivity index (χ3v) is 5.49. The molecule has 0 saturated carbocycles. The van der Waals surface area contributed by atoms with Gasteiger partial charge in [-0.25, -0.2) is 0 Å². The van der Waals surface area contributed by atoms with Crippen molar-refractivity contribution in [2.24, 2.45) is 0 Å². The Morgan fingerprint density at radius 3 is 2.44 bits per heavy atom. The molecule has 0 aliphatic rings. The van der Waals surface area contributed by atoms with Gasteiger partial charge in [-0.15, -0.1) is 0 Å². The van der Waals surface area contributed by atoms with Crippen LogP contribution in [0.1, 0.15) is 21.5 Å². The number of nitrogens with zero attached hydrogens (tertiary/aromatic N) is 1. The molecular formula is C26H22ClNO4. The van der Waals surface area contributed by atoms with Gasteiger partial charge in [-0.05, 0) is 53.6 Å². The van der Waals surface area contributed by atoms with Gasteiger partial charge in [0.2, 0.25) is 0 Å². The lowest BCUT2D eigenvalue weighted by Crippen LogP contribution is -2.12.